The van der Waals surface area contributed by atoms with Crippen molar-refractivity contribution in [3.05, 3.63) is 34.9 Å². The number of hydrogen-bond donors (Lipinski definition) is 1. The van der Waals surface area contributed by atoms with Crippen LogP contribution < -0.4 is 0 Å². The van der Waals surface area contributed by atoms with E-state index in [2.05, 4.69) is 13.0 Å². The fourth-order valence-electron chi connectivity index (χ4n) is 1.45. The maximum Gasteiger partial charge on any atom is 0.303 e. The molecule has 0 saturated heterocycles. The number of carbonyl (C=O) groups is 1. The highest BCUT2D eigenvalue weighted by molar-refractivity contribution is 5.68. The number of aryl methyl sites for hydroxylation is 2. The molecule has 0 aromatic heterocycles. The van der Waals surface area contributed by atoms with Gasteiger partial charge in [-0.3, -0.25) is 4.79 Å². The van der Waals surface area contributed by atoms with Gasteiger partial charge in [0.2, 0.25) is 0 Å². The van der Waals surface area contributed by atoms with Gasteiger partial charge in [-0.2, -0.15) is 0 Å². The highest BCUT2D eigenvalue weighted by Gasteiger charge is 2.10. The number of rotatable bonds is 3. The lowest BCUT2D eigenvalue weighted by atomic mass is 9.95. The molecule has 0 fully saturated rings. The number of carboxylic acids is 1. The standard InChI is InChI=1S/C12H16O2/c1-8-4-5-11(6-9(8)2)10(3)7-12(13)14/h4-6,10H,7H2,1-3H3,(H,13,14)/t10-/m0/s1. The van der Waals surface area contributed by atoms with Crippen molar-refractivity contribution in [2.75, 3.05) is 0 Å². The average Bonchev–Trinajstić information content (AvgIpc) is 2.08. The molecule has 0 amide bonds. The first-order valence-electron chi connectivity index (χ1n) is 4.79. The minimum Gasteiger partial charge on any atom is -0.481 e. The zero-order valence-corrected chi connectivity index (χ0v) is 8.87. The molecule has 14 heavy (non-hydrogen) atoms. The molecule has 0 bridgehead atoms. The van der Waals surface area contributed by atoms with E-state index < -0.39 is 5.97 Å². The van der Waals surface area contributed by atoms with E-state index in [1.807, 2.05) is 26.0 Å². The highest BCUT2D eigenvalue weighted by atomic mass is 16.4. The Morgan fingerprint density at radius 3 is 2.50 bits per heavy atom. The topological polar surface area (TPSA) is 37.3 Å². The SMILES string of the molecule is Cc1ccc([C@@H](C)CC(=O)O)cc1C. The molecular formula is C12H16O2. The number of hydrogen-bond acceptors (Lipinski definition) is 1. The summed E-state index contributed by atoms with van der Waals surface area (Å²) in [5.41, 5.74) is 3.58. The van der Waals surface area contributed by atoms with Crippen molar-refractivity contribution in [2.45, 2.75) is 33.1 Å². The van der Waals surface area contributed by atoms with Crippen molar-refractivity contribution in [3.8, 4) is 0 Å². The van der Waals surface area contributed by atoms with Crippen LogP contribution in [0.2, 0.25) is 0 Å². The van der Waals surface area contributed by atoms with Gasteiger partial charge < -0.3 is 5.11 Å². The van der Waals surface area contributed by atoms with Gasteiger partial charge in [-0.25, -0.2) is 0 Å². The first-order chi connectivity index (χ1) is 6.50. The summed E-state index contributed by atoms with van der Waals surface area (Å²) in [6.45, 7) is 6.05. The largest absolute Gasteiger partial charge is 0.481 e. The summed E-state index contributed by atoms with van der Waals surface area (Å²) in [4.78, 5) is 10.5. The first kappa shape index (κ1) is 10.8. The van der Waals surface area contributed by atoms with Crippen molar-refractivity contribution in [1.82, 2.24) is 0 Å². The van der Waals surface area contributed by atoms with Gasteiger partial charge in [0.05, 0.1) is 6.42 Å². The third kappa shape index (κ3) is 2.59. The summed E-state index contributed by atoms with van der Waals surface area (Å²) in [6, 6.07) is 6.13. The molecule has 1 aromatic carbocycles. The van der Waals surface area contributed by atoms with E-state index in [9.17, 15) is 4.79 Å². The number of aliphatic carboxylic acids is 1. The van der Waals surface area contributed by atoms with Crippen LogP contribution in [-0.4, -0.2) is 11.1 Å². The maximum absolute atomic E-state index is 10.5. The summed E-state index contributed by atoms with van der Waals surface area (Å²) < 4.78 is 0. The Balaban J connectivity index is 2.85. The second-order valence-electron chi connectivity index (χ2n) is 3.84. The van der Waals surface area contributed by atoms with Gasteiger partial charge in [0.1, 0.15) is 0 Å². The first-order valence-corrected chi connectivity index (χ1v) is 4.79. The molecule has 0 unspecified atom stereocenters. The molecule has 0 aliphatic heterocycles. The van der Waals surface area contributed by atoms with Crippen LogP contribution >= 0.6 is 0 Å². The van der Waals surface area contributed by atoms with E-state index in [-0.39, 0.29) is 12.3 Å². The smallest absolute Gasteiger partial charge is 0.303 e. The number of carboxylic acid groups (broad SMARTS) is 1. The van der Waals surface area contributed by atoms with E-state index in [4.69, 9.17) is 5.11 Å². The van der Waals surface area contributed by atoms with Gasteiger partial charge in [0, 0.05) is 0 Å². The molecule has 1 N–H and O–H groups in total. The molecule has 0 aliphatic carbocycles. The van der Waals surface area contributed by atoms with E-state index >= 15 is 0 Å². The van der Waals surface area contributed by atoms with Gasteiger partial charge in [0.25, 0.3) is 0 Å². The number of benzene rings is 1. The third-order valence-corrected chi connectivity index (χ3v) is 2.58. The Kier molecular flexibility index (Phi) is 3.28. The van der Waals surface area contributed by atoms with Crippen molar-refractivity contribution in [2.24, 2.45) is 0 Å². The second kappa shape index (κ2) is 4.27. The Morgan fingerprint density at radius 1 is 1.36 bits per heavy atom. The molecule has 1 atom stereocenters. The molecule has 2 heteroatoms. The highest BCUT2D eigenvalue weighted by Crippen LogP contribution is 2.21. The van der Waals surface area contributed by atoms with Crippen LogP contribution in [0, 0.1) is 13.8 Å². The predicted molar refractivity (Wildman–Crippen MR) is 56.6 cm³/mol. The molecule has 2 nitrogen and oxygen atoms in total. The fourth-order valence-corrected chi connectivity index (χ4v) is 1.45. The van der Waals surface area contributed by atoms with Crippen LogP contribution in [0.1, 0.15) is 36.0 Å². The zero-order valence-electron chi connectivity index (χ0n) is 8.87. The third-order valence-electron chi connectivity index (χ3n) is 2.58. The summed E-state index contributed by atoms with van der Waals surface area (Å²) in [5, 5.41) is 8.67. The summed E-state index contributed by atoms with van der Waals surface area (Å²) >= 11 is 0. The van der Waals surface area contributed by atoms with E-state index in [0.29, 0.717) is 0 Å². The molecule has 76 valence electrons. The van der Waals surface area contributed by atoms with E-state index in [0.717, 1.165) is 5.56 Å². The lowest BCUT2D eigenvalue weighted by Crippen LogP contribution is -2.03. The van der Waals surface area contributed by atoms with E-state index in [1.54, 1.807) is 0 Å². The summed E-state index contributed by atoms with van der Waals surface area (Å²) in [7, 11) is 0. The van der Waals surface area contributed by atoms with Crippen molar-refractivity contribution in [1.29, 1.82) is 0 Å². The quantitative estimate of drug-likeness (QED) is 0.799. The molecule has 0 radical (unpaired) electrons. The van der Waals surface area contributed by atoms with Crippen LogP contribution in [0.25, 0.3) is 0 Å². The summed E-state index contributed by atoms with van der Waals surface area (Å²) in [5.74, 6) is -0.650. The molecule has 0 spiro atoms. The minimum atomic E-state index is -0.740. The predicted octanol–water partition coefficient (Wildman–Crippen LogP) is 2.88. The van der Waals surface area contributed by atoms with Crippen molar-refractivity contribution < 1.29 is 9.90 Å². The molecule has 0 saturated carbocycles. The van der Waals surface area contributed by atoms with Gasteiger partial charge in [-0.15, -0.1) is 0 Å². The van der Waals surface area contributed by atoms with Crippen LogP contribution in [0.3, 0.4) is 0 Å². The minimum absolute atomic E-state index is 0.0896. The average molecular weight is 192 g/mol. The van der Waals surface area contributed by atoms with Crippen molar-refractivity contribution >= 4 is 5.97 Å². The van der Waals surface area contributed by atoms with Crippen LogP contribution in [0.15, 0.2) is 18.2 Å². The van der Waals surface area contributed by atoms with Crippen molar-refractivity contribution in [3.63, 3.8) is 0 Å². The monoisotopic (exact) mass is 192 g/mol. The Morgan fingerprint density at radius 2 is 2.00 bits per heavy atom. The maximum atomic E-state index is 10.5. The second-order valence-corrected chi connectivity index (χ2v) is 3.84. The van der Waals surface area contributed by atoms with Crippen LogP contribution in [0.5, 0.6) is 0 Å². The lowest BCUT2D eigenvalue weighted by molar-refractivity contribution is -0.137. The summed E-state index contributed by atoms with van der Waals surface area (Å²) in [6.07, 6.45) is 0.197. The molecule has 1 aromatic rings. The lowest BCUT2D eigenvalue weighted by Gasteiger charge is -2.10. The molecular weight excluding hydrogens is 176 g/mol. The van der Waals surface area contributed by atoms with Gasteiger partial charge >= 0.3 is 5.97 Å². The fraction of sp³-hybridized carbons (Fsp3) is 0.417. The van der Waals surface area contributed by atoms with E-state index in [1.165, 1.54) is 11.1 Å². The van der Waals surface area contributed by atoms with Crippen LogP contribution in [-0.2, 0) is 4.79 Å². The normalized spacial score (nSPS) is 12.5. The van der Waals surface area contributed by atoms with Gasteiger partial charge in [0.15, 0.2) is 0 Å². The zero-order chi connectivity index (χ0) is 10.7. The Labute approximate surface area is 84.6 Å². The van der Waals surface area contributed by atoms with Gasteiger partial charge in [-0.1, -0.05) is 25.1 Å². The van der Waals surface area contributed by atoms with Crippen LogP contribution in [0.4, 0.5) is 0 Å². The Hall–Kier alpha value is -1.31. The van der Waals surface area contributed by atoms with Gasteiger partial charge in [-0.05, 0) is 36.5 Å². The Bertz CT molecular complexity index is 342. The molecule has 0 aliphatic rings. The molecule has 1 rings (SSSR count). The molecule has 0 heterocycles.